The lowest BCUT2D eigenvalue weighted by Crippen LogP contribution is -2.31. The Morgan fingerprint density at radius 2 is 1.77 bits per heavy atom. The van der Waals surface area contributed by atoms with E-state index < -0.39 is 0 Å². The smallest absolute Gasteiger partial charge is 0.323 e. The molecule has 2 aromatic heterocycles. The summed E-state index contributed by atoms with van der Waals surface area (Å²) in [7, 11) is 0. The number of amides is 1. The molecule has 0 saturated carbocycles. The van der Waals surface area contributed by atoms with Crippen molar-refractivity contribution in [2.75, 3.05) is 11.9 Å². The van der Waals surface area contributed by atoms with Crippen LogP contribution >= 0.6 is 11.3 Å². The Bertz CT molecular complexity index is 1210. The molecule has 0 unspecified atom stereocenters. The molecule has 4 N–H and O–H groups in total. The molecule has 2 aromatic carbocycles. The van der Waals surface area contributed by atoms with Crippen LogP contribution in [0.5, 0.6) is 0 Å². The Kier molecular flexibility index (Phi) is 6.34. The highest BCUT2D eigenvalue weighted by molar-refractivity contribution is 7.10. The van der Waals surface area contributed by atoms with E-state index in [4.69, 9.17) is 0 Å². The zero-order valence-corrected chi connectivity index (χ0v) is 18.4. The summed E-state index contributed by atoms with van der Waals surface area (Å²) >= 11 is 1.67. The quantitative estimate of drug-likeness (QED) is 0.323. The first-order chi connectivity index (χ1) is 15.0. The van der Waals surface area contributed by atoms with Crippen LogP contribution < -0.4 is 16.3 Å². The van der Waals surface area contributed by atoms with Crippen molar-refractivity contribution in [3.63, 3.8) is 0 Å². The molecule has 0 aliphatic heterocycles. The van der Waals surface area contributed by atoms with Gasteiger partial charge in [0.15, 0.2) is 0 Å². The van der Waals surface area contributed by atoms with Crippen LogP contribution in [0.15, 0.2) is 64.8 Å². The maximum absolute atomic E-state index is 12.6. The van der Waals surface area contributed by atoms with Gasteiger partial charge in [-0.25, -0.2) is 4.79 Å². The molecule has 1 amide bonds. The number of carbonyl (C=O) groups excluding carboxylic acids is 1. The van der Waals surface area contributed by atoms with Crippen LogP contribution in [0.25, 0.3) is 11.0 Å². The maximum Gasteiger partial charge on any atom is 0.323 e. The van der Waals surface area contributed by atoms with Gasteiger partial charge in [-0.3, -0.25) is 10.1 Å². The number of nitrogens with one attached hydrogen (secondary N) is 4. The third kappa shape index (κ3) is 4.95. The molecular weight excluding hydrogens is 408 g/mol. The second kappa shape index (κ2) is 9.32. The van der Waals surface area contributed by atoms with Gasteiger partial charge in [0.2, 0.25) is 5.91 Å². The SMILES string of the molecule is CC[C@@H](C)c1ccc([C@H](NCC(=O)Nc2ccc3[nH]c(=O)[nH]c3c2)c2cccs2)cc1. The lowest BCUT2D eigenvalue weighted by Gasteiger charge is -2.19. The van der Waals surface area contributed by atoms with Gasteiger partial charge in [0, 0.05) is 10.6 Å². The predicted molar refractivity (Wildman–Crippen MR) is 127 cm³/mol. The summed E-state index contributed by atoms with van der Waals surface area (Å²) in [6.07, 6.45) is 1.11. The van der Waals surface area contributed by atoms with Crippen molar-refractivity contribution in [3.8, 4) is 0 Å². The van der Waals surface area contributed by atoms with Gasteiger partial charge in [0.05, 0.1) is 23.6 Å². The number of thiophene rings is 1. The number of H-pyrrole nitrogens is 2. The third-order valence-electron chi connectivity index (χ3n) is 5.55. The molecule has 31 heavy (non-hydrogen) atoms. The van der Waals surface area contributed by atoms with Gasteiger partial charge in [-0.1, -0.05) is 44.2 Å². The van der Waals surface area contributed by atoms with Crippen molar-refractivity contribution in [3.05, 3.63) is 86.5 Å². The second-order valence-corrected chi connectivity index (χ2v) is 8.67. The van der Waals surface area contributed by atoms with E-state index in [1.54, 1.807) is 29.5 Å². The van der Waals surface area contributed by atoms with Crippen molar-refractivity contribution in [1.82, 2.24) is 15.3 Å². The molecule has 0 bridgehead atoms. The Labute approximate surface area is 184 Å². The lowest BCUT2D eigenvalue weighted by atomic mass is 9.95. The van der Waals surface area contributed by atoms with Crippen molar-refractivity contribution in [2.24, 2.45) is 0 Å². The molecular formula is C24H26N4O2S. The van der Waals surface area contributed by atoms with Crippen LogP contribution in [0.4, 0.5) is 5.69 Å². The second-order valence-electron chi connectivity index (χ2n) is 7.69. The van der Waals surface area contributed by atoms with Gasteiger partial charge in [0.25, 0.3) is 0 Å². The number of rotatable bonds is 8. The average Bonchev–Trinajstić information content (AvgIpc) is 3.42. The topological polar surface area (TPSA) is 89.8 Å². The molecule has 2 heterocycles. The van der Waals surface area contributed by atoms with Crippen LogP contribution in [-0.4, -0.2) is 22.4 Å². The van der Waals surface area contributed by atoms with Gasteiger partial charge >= 0.3 is 5.69 Å². The number of fused-ring (bicyclic) bond motifs is 1. The first kappa shape index (κ1) is 21.1. The summed E-state index contributed by atoms with van der Waals surface area (Å²) in [4.78, 5) is 30.6. The number of aromatic nitrogens is 2. The normalized spacial score (nSPS) is 13.2. The van der Waals surface area contributed by atoms with E-state index in [1.807, 2.05) is 11.4 Å². The zero-order chi connectivity index (χ0) is 21.8. The summed E-state index contributed by atoms with van der Waals surface area (Å²) in [5.41, 5.74) is 4.20. The molecule has 0 aliphatic carbocycles. The van der Waals surface area contributed by atoms with Crippen LogP contribution in [0.2, 0.25) is 0 Å². The molecule has 0 radical (unpaired) electrons. The van der Waals surface area contributed by atoms with Crippen LogP contribution in [0.3, 0.4) is 0 Å². The monoisotopic (exact) mass is 434 g/mol. The van der Waals surface area contributed by atoms with E-state index >= 15 is 0 Å². The summed E-state index contributed by atoms with van der Waals surface area (Å²) in [5.74, 6) is 0.385. The fourth-order valence-electron chi connectivity index (χ4n) is 3.60. The Morgan fingerprint density at radius 1 is 1.03 bits per heavy atom. The molecule has 160 valence electrons. The van der Waals surface area contributed by atoms with Crippen molar-refractivity contribution in [1.29, 1.82) is 0 Å². The molecule has 7 heteroatoms. The van der Waals surface area contributed by atoms with Crippen molar-refractivity contribution >= 4 is 34.0 Å². The Hall–Kier alpha value is -3.16. The minimum absolute atomic E-state index is 0.0553. The first-order valence-electron chi connectivity index (χ1n) is 10.4. The van der Waals surface area contributed by atoms with Gasteiger partial charge in [-0.15, -0.1) is 11.3 Å². The Balaban J connectivity index is 1.45. The van der Waals surface area contributed by atoms with Gasteiger partial charge in [-0.2, -0.15) is 0 Å². The van der Waals surface area contributed by atoms with Gasteiger partial charge < -0.3 is 15.3 Å². The number of carbonyl (C=O) groups is 1. The summed E-state index contributed by atoms with van der Waals surface area (Å²) in [6.45, 7) is 4.59. The number of benzene rings is 2. The standard InChI is InChI=1S/C24H26N4O2S/c1-3-15(2)16-6-8-17(9-7-16)23(21-5-4-12-31-21)25-14-22(29)26-18-10-11-19-20(13-18)28-24(30)27-19/h4-13,15,23,25H,3,14H2,1-2H3,(H,26,29)(H2,27,28,30)/t15-,23+/m1/s1. The molecule has 2 atom stereocenters. The summed E-state index contributed by atoms with van der Waals surface area (Å²) < 4.78 is 0. The maximum atomic E-state index is 12.6. The summed E-state index contributed by atoms with van der Waals surface area (Å²) in [6, 6.07) is 18.0. The third-order valence-corrected chi connectivity index (χ3v) is 6.48. The fraction of sp³-hybridized carbons (Fsp3) is 0.250. The van der Waals surface area contributed by atoms with Crippen LogP contribution in [-0.2, 0) is 4.79 Å². The minimum Gasteiger partial charge on any atom is -0.325 e. The van der Waals surface area contributed by atoms with Gasteiger partial charge in [0.1, 0.15) is 0 Å². The number of anilines is 1. The number of imidazole rings is 1. The van der Waals surface area contributed by atoms with E-state index in [9.17, 15) is 9.59 Å². The predicted octanol–water partition coefficient (Wildman–Crippen LogP) is 4.75. The van der Waals surface area contributed by atoms with Crippen LogP contribution in [0, 0.1) is 0 Å². The van der Waals surface area contributed by atoms with Gasteiger partial charge in [-0.05, 0) is 53.1 Å². The van der Waals surface area contributed by atoms with E-state index in [0.29, 0.717) is 22.6 Å². The molecule has 0 saturated heterocycles. The molecule has 0 aliphatic rings. The zero-order valence-electron chi connectivity index (χ0n) is 17.6. The fourth-order valence-corrected chi connectivity index (χ4v) is 4.43. The lowest BCUT2D eigenvalue weighted by molar-refractivity contribution is -0.115. The minimum atomic E-state index is -0.265. The number of hydrogen-bond donors (Lipinski definition) is 4. The molecule has 0 spiro atoms. The molecule has 6 nitrogen and oxygen atoms in total. The van der Waals surface area contributed by atoms with E-state index in [0.717, 1.165) is 16.9 Å². The molecule has 4 aromatic rings. The molecule has 0 fully saturated rings. The largest absolute Gasteiger partial charge is 0.325 e. The van der Waals surface area contributed by atoms with E-state index in [2.05, 4.69) is 64.8 Å². The van der Waals surface area contributed by atoms with E-state index in [1.165, 1.54) is 5.56 Å². The van der Waals surface area contributed by atoms with Crippen molar-refractivity contribution < 1.29 is 4.79 Å². The highest BCUT2D eigenvalue weighted by Gasteiger charge is 2.17. The first-order valence-corrected chi connectivity index (χ1v) is 11.3. The highest BCUT2D eigenvalue weighted by Crippen LogP contribution is 2.28. The van der Waals surface area contributed by atoms with E-state index in [-0.39, 0.29) is 24.2 Å². The average molecular weight is 435 g/mol. The number of hydrogen-bond acceptors (Lipinski definition) is 4. The summed E-state index contributed by atoms with van der Waals surface area (Å²) in [5, 5.41) is 8.34. The number of aromatic amines is 2. The Morgan fingerprint density at radius 3 is 2.48 bits per heavy atom. The highest BCUT2D eigenvalue weighted by atomic mass is 32.1. The van der Waals surface area contributed by atoms with Crippen LogP contribution in [0.1, 0.15) is 48.2 Å². The molecule has 4 rings (SSSR count). The van der Waals surface area contributed by atoms with Crippen molar-refractivity contribution in [2.45, 2.75) is 32.2 Å².